The van der Waals surface area contributed by atoms with Gasteiger partial charge in [0.15, 0.2) is 5.96 Å². The second-order valence-corrected chi connectivity index (χ2v) is 7.53. The Kier molecular flexibility index (Phi) is 8.60. The summed E-state index contributed by atoms with van der Waals surface area (Å²) in [5.41, 5.74) is 1.73. The molecule has 1 amide bonds. The minimum atomic E-state index is -0.0843. The smallest absolute Gasteiger partial charge is 0.251 e. The molecule has 0 aromatic heterocycles. The molecule has 3 N–H and O–H groups in total. The zero-order valence-electron chi connectivity index (χ0n) is 19.1. The first-order chi connectivity index (χ1) is 15.6. The third kappa shape index (κ3) is 6.54. The number of carbonyl (C=O) groups is 1. The maximum absolute atomic E-state index is 12.1. The van der Waals surface area contributed by atoms with Crippen LogP contribution in [0.1, 0.15) is 23.7 Å². The van der Waals surface area contributed by atoms with Crippen molar-refractivity contribution in [2.75, 3.05) is 51.8 Å². The number of hydrogen-bond acceptors (Lipinski definition) is 5. The summed E-state index contributed by atoms with van der Waals surface area (Å²) < 4.78 is 10.8. The Hall–Kier alpha value is -3.42. The number of nitrogens with zero attached hydrogens (tertiary/aromatic N) is 2. The number of amides is 1. The first-order valence-electron chi connectivity index (χ1n) is 11.0. The molecule has 32 heavy (non-hydrogen) atoms. The van der Waals surface area contributed by atoms with Crippen LogP contribution in [0.25, 0.3) is 0 Å². The molecule has 8 heteroatoms. The van der Waals surface area contributed by atoms with Gasteiger partial charge in [0, 0.05) is 61.7 Å². The highest BCUT2D eigenvalue weighted by Gasteiger charge is 2.24. The average Bonchev–Trinajstić information content (AvgIpc) is 3.30. The predicted molar refractivity (Wildman–Crippen MR) is 128 cm³/mol. The van der Waals surface area contributed by atoms with Gasteiger partial charge in [-0.15, -0.1) is 0 Å². The van der Waals surface area contributed by atoms with Gasteiger partial charge in [-0.05, 0) is 25.5 Å². The maximum atomic E-state index is 12.1. The van der Waals surface area contributed by atoms with Crippen molar-refractivity contribution in [1.82, 2.24) is 16.0 Å². The van der Waals surface area contributed by atoms with E-state index in [2.05, 4.69) is 25.8 Å². The van der Waals surface area contributed by atoms with Gasteiger partial charge in [0.05, 0.1) is 20.8 Å². The van der Waals surface area contributed by atoms with Crippen molar-refractivity contribution in [2.24, 2.45) is 4.99 Å². The summed E-state index contributed by atoms with van der Waals surface area (Å²) in [6.07, 6.45) is 0.995. The number of anilines is 1. The van der Waals surface area contributed by atoms with Crippen LogP contribution in [0.5, 0.6) is 11.5 Å². The fraction of sp³-hybridized carbons (Fsp3) is 0.417. The minimum Gasteiger partial charge on any atom is -0.497 e. The number of benzene rings is 2. The summed E-state index contributed by atoms with van der Waals surface area (Å²) in [5.74, 6) is 2.24. The van der Waals surface area contributed by atoms with Crippen molar-refractivity contribution < 1.29 is 14.3 Å². The van der Waals surface area contributed by atoms with Gasteiger partial charge in [0.2, 0.25) is 0 Å². The van der Waals surface area contributed by atoms with E-state index in [-0.39, 0.29) is 11.9 Å². The highest BCUT2D eigenvalue weighted by molar-refractivity contribution is 5.94. The molecule has 0 radical (unpaired) electrons. The van der Waals surface area contributed by atoms with Crippen molar-refractivity contribution >= 4 is 17.6 Å². The fourth-order valence-electron chi connectivity index (χ4n) is 3.63. The predicted octanol–water partition coefficient (Wildman–Crippen LogP) is 2.27. The molecule has 1 unspecified atom stereocenters. The van der Waals surface area contributed by atoms with Gasteiger partial charge in [-0.2, -0.15) is 0 Å². The molecule has 0 bridgehead atoms. The Bertz CT molecular complexity index is 882. The van der Waals surface area contributed by atoms with Gasteiger partial charge in [0.1, 0.15) is 11.5 Å². The van der Waals surface area contributed by atoms with E-state index < -0.39 is 0 Å². The monoisotopic (exact) mass is 439 g/mol. The minimum absolute atomic E-state index is 0.0843. The molecule has 0 saturated carbocycles. The standard InChI is InChI=1S/C24H33N5O3/c1-4-25-24(27-12-11-26-23(30)18-8-6-5-7-9-18)28-19-10-13-29(17-19)20-14-21(31-2)16-22(15-20)32-3/h5-9,14-16,19H,4,10-13,17H2,1-3H3,(H,26,30)(H2,25,27,28). The molecule has 1 atom stereocenters. The molecule has 172 valence electrons. The van der Waals surface area contributed by atoms with Gasteiger partial charge in [-0.1, -0.05) is 18.2 Å². The molecular formula is C24H33N5O3. The number of rotatable bonds is 9. The van der Waals surface area contributed by atoms with Crippen LogP contribution in [0.3, 0.4) is 0 Å². The molecule has 1 aliphatic rings. The molecule has 1 aliphatic heterocycles. The van der Waals surface area contributed by atoms with E-state index >= 15 is 0 Å². The van der Waals surface area contributed by atoms with E-state index in [1.807, 2.05) is 43.3 Å². The van der Waals surface area contributed by atoms with Crippen LogP contribution in [-0.2, 0) is 0 Å². The molecule has 2 aromatic rings. The fourth-order valence-corrected chi connectivity index (χ4v) is 3.63. The van der Waals surface area contributed by atoms with Gasteiger partial charge >= 0.3 is 0 Å². The Morgan fingerprint density at radius 2 is 1.81 bits per heavy atom. The van der Waals surface area contributed by atoms with E-state index in [1.54, 1.807) is 26.4 Å². The van der Waals surface area contributed by atoms with Crippen LogP contribution in [0, 0.1) is 0 Å². The van der Waals surface area contributed by atoms with Gasteiger partial charge in [-0.3, -0.25) is 9.79 Å². The van der Waals surface area contributed by atoms with Crippen molar-refractivity contribution in [2.45, 2.75) is 19.4 Å². The maximum Gasteiger partial charge on any atom is 0.251 e. The van der Waals surface area contributed by atoms with E-state index in [1.165, 1.54) is 0 Å². The lowest BCUT2D eigenvalue weighted by atomic mass is 10.2. The Morgan fingerprint density at radius 3 is 2.47 bits per heavy atom. The Morgan fingerprint density at radius 1 is 1.09 bits per heavy atom. The van der Waals surface area contributed by atoms with Crippen LogP contribution in [0.4, 0.5) is 5.69 Å². The SMILES string of the molecule is CCNC(=NCCNC(=O)c1ccccc1)NC1CCN(c2cc(OC)cc(OC)c2)C1. The van der Waals surface area contributed by atoms with Crippen LogP contribution in [0.2, 0.25) is 0 Å². The number of carbonyl (C=O) groups excluding carboxylic acids is 1. The van der Waals surface area contributed by atoms with E-state index in [9.17, 15) is 4.79 Å². The molecule has 1 heterocycles. The zero-order chi connectivity index (χ0) is 22.8. The van der Waals surface area contributed by atoms with Gasteiger partial charge < -0.3 is 30.3 Å². The quantitative estimate of drug-likeness (QED) is 0.316. The number of aliphatic imine (C=N–C) groups is 1. The third-order valence-corrected chi connectivity index (χ3v) is 5.28. The molecule has 3 rings (SSSR count). The largest absolute Gasteiger partial charge is 0.497 e. The first-order valence-corrected chi connectivity index (χ1v) is 11.0. The average molecular weight is 440 g/mol. The third-order valence-electron chi connectivity index (χ3n) is 5.28. The molecule has 1 fully saturated rings. The summed E-state index contributed by atoms with van der Waals surface area (Å²) in [6.45, 7) is 5.57. The number of guanidine groups is 1. The summed E-state index contributed by atoms with van der Waals surface area (Å²) >= 11 is 0. The Labute approximate surface area is 190 Å². The van der Waals surface area contributed by atoms with Crippen molar-refractivity contribution in [1.29, 1.82) is 0 Å². The molecule has 0 aliphatic carbocycles. The number of methoxy groups -OCH3 is 2. The van der Waals surface area contributed by atoms with Gasteiger partial charge in [0.25, 0.3) is 5.91 Å². The van der Waals surface area contributed by atoms with Crippen molar-refractivity contribution in [3.05, 3.63) is 54.1 Å². The topological polar surface area (TPSA) is 87.2 Å². The lowest BCUT2D eigenvalue weighted by molar-refractivity contribution is 0.0955. The van der Waals surface area contributed by atoms with Crippen LogP contribution < -0.4 is 30.3 Å². The summed E-state index contributed by atoms with van der Waals surface area (Å²) in [5, 5.41) is 9.71. The number of ether oxygens (including phenoxy) is 2. The lowest BCUT2D eigenvalue weighted by Crippen LogP contribution is -2.45. The van der Waals surface area contributed by atoms with Crippen LogP contribution >= 0.6 is 0 Å². The molecular weight excluding hydrogens is 406 g/mol. The normalized spacial score (nSPS) is 15.9. The van der Waals surface area contributed by atoms with Crippen LogP contribution in [0.15, 0.2) is 53.5 Å². The summed E-state index contributed by atoms with van der Waals surface area (Å²) in [6, 6.07) is 15.4. The Balaban J connectivity index is 1.52. The summed E-state index contributed by atoms with van der Waals surface area (Å²) in [7, 11) is 3.32. The number of nitrogens with one attached hydrogen (secondary N) is 3. The van der Waals surface area contributed by atoms with Gasteiger partial charge in [-0.25, -0.2) is 0 Å². The second-order valence-electron chi connectivity index (χ2n) is 7.53. The molecule has 1 saturated heterocycles. The highest BCUT2D eigenvalue weighted by atomic mass is 16.5. The van der Waals surface area contributed by atoms with E-state index in [4.69, 9.17) is 9.47 Å². The second kappa shape index (κ2) is 11.8. The number of hydrogen-bond donors (Lipinski definition) is 3. The first kappa shape index (κ1) is 23.2. The van der Waals surface area contributed by atoms with Crippen LogP contribution in [-0.4, -0.2) is 64.9 Å². The molecule has 0 spiro atoms. The molecule has 8 nitrogen and oxygen atoms in total. The van der Waals surface area contributed by atoms with Crippen molar-refractivity contribution in [3.63, 3.8) is 0 Å². The summed E-state index contributed by atoms with van der Waals surface area (Å²) in [4.78, 5) is 19.1. The zero-order valence-corrected chi connectivity index (χ0v) is 19.1. The van der Waals surface area contributed by atoms with E-state index in [0.717, 1.165) is 49.2 Å². The lowest BCUT2D eigenvalue weighted by Gasteiger charge is -2.21. The molecule has 2 aromatic carbocycles. The van der Waals surface area contributed by atoms with E-state index in [0.29, 0.717) is 18.7 Å². The highest BCUT2D eigenvalue weighted by Crippen LogP contribution is 2.30. The van der Waals surface area contributed by atoms with Crippen molar-refractivity contribution in [3.8, 4) is 11.5 Å².